The molecule has 0 aromatic carbocycles. The number of aromatic nitrogens is 2. The number of rotatable bonds is 3. The number of likely N-dealkylation sites (tertiary alicyclic amines) is 1. The van der Waals surface area contributed by atoms with E-state index in [4.69, 9.17) is 0 Å². The molecule has 0 saturated carbocycles. The molecule has 0 unspecified atom stereocenters. The molecule has 1 aliphatic rings. The molecule has 0 radical (unpaired) electrons. The predicted molar refractivity (Wildman–Crippen MR) is 68.2 cm³/mol. The third-order valence-corrected chi connectivity index (χ3v) is 3.31. The second kappa shape index (κ2) is 5.72. The maximum absolute atomic E-state index is 11.6. The van der Waals surface area contributed by atoms with E-state index < -0.39 is 0 Å². The van der Waals surface area contributed by atoms with Crippen LogP contribution in [0.4, 0.5) is 5.13 Å². The summed E-state index contributed by atoms with van der Waals surface area (Å²) in [5.74, 6) is -0.477. The van der Waals surface area contributed by atoms with Crippen LogP contribution in [0.3, 0.4) is 0 Å². The molecule has 6 nitrogen and oxygen atoms in total. The zero-order valence-electron chi connectivity index (χ0n) is 10.0. The molecular formula is C11H14N4O2S. The Kier molecular flexibility index (Phi) is 4.03. The first kappa shape index (κ1) is 12.7. The van der Waals surface area contributed by atoms with Crippen molar-refractivity contribution in [1.29, 1.82) is 0 Å². The van der Waals surface area contributed by atoms with Gasteiger partial charge in [0.25, 0.3) is 0 Å². The number of anilines is 1. The minimum atomic E-state index is -0.362. The van der Waals surface area contributed by atoms with Crippen LogP contribution in [0.5, 0.6) is 0 Å². The van der Waals surface area contributed by atoms with Crippen molar-refractivity contribution in [3.63, 3.8) is 0 Å². The van der Waals surface area contributed by atoms with Gasteiger partial charge in [-0.1, -0.05) is 11.3 Å². The molecule has 0 aliphatic carbocycles. The zero-order chi connectivity index (χ0) is 13.0. The lowest BCUT2D eigenvalue weighted by atomic mass is 10.4. The van der Waals surface area contributed by atoms with Gasteiger partial charge in [-0.2, -0.15) is 0 Å². The molecule has 1 aromatic rings. The van der Waals surface area contributed by atoms with Crippen molar-refractivity contribution >= 4 is 28.3 Å². The lowest BCUT2D eigenvalue weighted by molar-refractivity contribution is -0.125. The van der Waals surface area contributed by atoms with Crippen LogP contribution < -0.4 is 5.32 Å². The lowest BCUT2D eigenvalue weighted by Gasteiger charge is -2.11. The van der Waals surface area contributed by atoms with E-state index in [0.717, 1.165) is 30.9 Å². The highest BCUT2D eigenvalue weighted by molar-refractivity contribution is 7.15. The number of carbonyl (C=O) groups excluding carboxylic acids is 2. The molecule has 1 aliphatic heterocycles. The number of carbonyl (C=O) groups is 2. The minimum absolute atomic E-state index is 0.115. The van der Waals surface area contributed by atoms with Gasteiger partial charge < -0.3 is 4.90 Å². The van der Waals surface area contributed by atoms with E-state index in [1.165, 1.54) is 23.5 Å². The van der Waals surface area contributed by atoms with E-state index in [2.05, 4.69) is 15.5 Å². The quantitative estimate of drug-likeness (QED) is 0.827. The molecule has 0 bridgehead atoms. The Balaban J connectivity index is 1.84. The maximum atomic E-state index is 11.6. The molecule has 96 valence electrons. The molecule has 2 amide bonds. The lowest BCUT2D eigenvalue weighted by Crippen LogP contribution is -2.25. The molecule has 2 heterocycles. The van der Waals surface area contributed by atoms with Gasteiger partial charge in [-0.15, -0.1) is 10.2 Å². The number of hydrogen-bond donors (Lipinski definition) is 1. The maximum Gasteiger partial charge on any atom is 0.250 e. The van der Waals surface area contributed by atoms with Crippen LogP contribution in [-0.2, 0) is 9.59 Å². The fourth-order valence-corrected chi connectivity index (χ4v) is 2.28. The molecule has 0 spiro atoms. The summed E-state index contributed by atoms with van der Waals surface area (Å²) in [5, 5.41) is 11.3. The van der Waals surface area contributed by atoms with Gasteiger partial charge in [-0.05, 0) is 19.8 Å². The summed E-state index contributed by atoms with van der Waals surface area (Å²) in [6, 6.07) is 0. The standard InChI is InChI=1S/C11H14N4O2S/c1-8-13-14-11(18-8)12-9(16)4-5-10(17)15-6-2-3-7-15/h4-5H,2-3,6-7H2,1H3,(H,12,14,16)/b5-4-. The topological polar surface area (TPSA) is 75.2 Å². The van der Waals surface area contributed by atoms with Gasteiger partial charge in [-0.25, -0.2) is 0 Å². The van der Waals surface area contributed by atoms with Crippen molar-refractivity contribution in [2.45, 2.75) is 19.8 Å². The highest BCUT2D eigenvalue weighted by Crippen LogP contribution is 2.13. The third kappa shape index (κ3) is 3.36. The van der Waals surface area contributed by atoms with Crippen LogP contribution >= 0.6 is 11.3 Å². The third-order valence-electron chi connectivity index (χ3n) is 2.55. The molecule has 1 aromatic heterocycles. The van der Waals surface area contributed by atoms with Crippen LogP contribution in [0.25, 0.3) is 0 Å². The zero-order valence-corrected chi connectivity index (χ0v) is 10.9. The SMILES string of the molecule is Cc1nnc(NC(=O)/C=C\C(=O)N2CCCC2)s1. The first-order valence-corrected chi connectivity index (χ1v) is 6.55. The number of aryl methyl sites for hydroxylation is 1. The summed E-state index contributed by atoms with van der Waals surface area (Å²) in [6.07, 6.45) is 4.61. The Morgan fingerprint density at radius 1 is 1.28 bits per heavy atom. The largest absolute Gasteiger partial charge is 0.339 e. The number of amides is 2. The highest BCUT2D eigenvalue weighted by Gasteiger charge is 2.15. The molecule has 7 heteroatoms. The van der Waals surface area contributed by atoms with Crippen molar-refractivity contribution < 1.29 is 9.59 Å². The fraction of sp³-hybridized carbons (Fsp3) is 0.455. The summed E-state index contributed by atoms with van der Waals surface area (Å²) in [5.41, 5.74) is 0. The van der Waals surface area contributed by atoms with E-state index >= 15 is 0 Å². The van der Waals surface area contributed by atoms with Gasteiger partial charge in [0.15, 0.2) is 0 Å². The van der Waals surface area contributed by atoms with Gasteiger partial charge in [0.05, 0.1) is 0 Å². The Morgan fingerprint density at radius 2 is 2.00 bits per heavy atom. The van der Waals surface area contributed by atoms with Crippen molar-refractivity contribution in [2.75, 3.05) is 18.4 Å². The second-order valence-electron chi connectivity index (χ2n) is 3.98. The average molecular weight is 266 g/mol. The summed E-state index contributed by atoms with van der Waals surface area (Å²) in [6.45, 7) is 3.36. The molecular weight excluding hydrogens is 252 g/mol. The van der Waals surface area contributed by atoms with Crippen LogP contribution in [0.2, 0.25) is 0 Å². The van der Waals surface area contributed by atoms with Crippen LogP contribution in [-0.4, -0.2) is 40.0 Å². The van der Waals surface area contributed by atoms with E-state index in [9.17, 15) is 9.59 Å². The Labute approximate surface area is 109 Å². The van der Waals surface area contributed by atoms with E-state index in [0.29, 0.717) is 5.13 Å². The van der Waals surface area contributed by atoms with E-state index in [1.807, 2.05) is 0 Å². The number of nitrogens with zero attached hydrogens (tertiary/aromatic N) is 3. The molecule has 0 atom stereocenters. The predicted octanol–water partition coefficient (Wildman–Crippen LogP) is 0.964. The summed E-state index contributed by atoms with van der Waals surface area (Å²) < 4.78 is 0. The molecule has 2 rings (SSSR count). The molecule has 1 fully saturated rings. The van der Waals surface area contributed by atoms with Gasteiger partial charge in [0.1, 0.15) is 5.01 Å². The highest BCUT2D eigenvalue weighted by atomic mass is 32.1. The Hall–Kier alpha value is -1.76. The second-order valence-corrected chi connectivity index (χ2v) is 5.16. The van der Waals surface area contributed by atoms with Crippen molar-refractivity contribution in [1.82, 2.24) is 15.1 Å². The number of nitrogens with one attached hydrogen (secondary N) is 1. The van der Waals surface area contributed by atoms with Crippen molar-refractivity contribution in [3.8, 4) is 0 Å². The van der Waals surface area contributed by atoms with Gasteiger partial charge in [-0.3, -0.25) is 14.9 Å². The molecule has 18 heavy (non-hydrogen) atoms. The fourth-order valence-electron chi connectivity index (χ4n) is 1.68. The summed E-state index contributed by atoms with van der Waals surface area (Å²) >= 11 is 1.29. The Morgan fingerprint density at radius 3 is 2.61 bits per heavy atom. The summed E-state index contributed by atoms with van der Waals surface area (Å²) in [7, 11) is 0. The van der Waals surface area contributed by atoms with Crippen molar-refractivity contribution in [3.05, 3.63) is 17.2 Å². The van der Waals surface area contributed by atoms with E-state index in [-0.39, 0.29) is 11.8 Å². The first-order chi connectivity index (χ1) is 8.65. The van der Waals surface area contributed by atoms with Crippen LogP contribution in [0.1, 0.15) is 17.8 Å². The average Bonchev–Trinajstić information content (AvgIpc) is 2.97. The van der Waals surface area contributed by atoms with Gasteiger partial charge in [0, 0.05) is 25.2 Å². The number of hydrogen-bond acceptors (Lipinski definition) is 5. The first-order valence-electron chi connectivity index (χ1n) is 5.73. The van der Waals surface area contributed by atoms with Gasteiger partial charge >= 0.3 is 0 Å². The Bertz CT molecular complexity index is 477. The minimum Gasteiger partial charge on any atom is -0.339 e. The molecule has 1 saturated heterocycles. The molecule has 1 N–H and O–H groups in total. The normalized spacial score (nSPS) is 15.3. The summed E-state index contributed by atoms with van der Waals surface area (Å²) in [4.78, 5) is 24.9. The van der Waals surface area contributed by atoms with Crippen LogP contribution in [0.15, 0.2) is 12.2 Å². The van der Waals surface area contributed by atoms with Gasteiger partial charge in [0.2, 0.25) is 16.9 Å². The smallest absolute Gasteiger partial charge is 0.250 e. The van der Waals surface area contributed by atoms with E-state index in [1.54, 1.807) is 11.8 Å². The monoisotopic (exact) mass is 266 g/mol. The van der Waals surface area contributed by atoms with Crippen LogP contribution in [0, 0.1) is 6.92 Å². The van der Waals surface area contributed by atoms with Crippen molar-refractivity contribution in [2.24, 2.45) is 0 Å².